The summed E-state index contributed by atoms with van der Waals surface area (Å²) in [4.78, 5) is 4.54. The lowest BCUT2D eigenvalue weighted by Crippen LogP contribution is -2.43. The summed E-state index contributed by atoms with van der Waals surface area (Å²) in [6.07, 6.45) is 0. The lowest BCUT2D eigenvalue weighted by atomic mass is 10.2. The number of phenolic OH excluding ortho intramolecular Hbond substituents is 1. The topological polar surface area (TPSA) is 75.1 Å². The highest BCUT2D eigenvalue weighted by atomic mass is 127. The van der Waals surface area contributed by atoms with Gasteiger partial charge in [0.25, 0.3) is 0 Å². The zero-order chi connectivity index (χ0) is 16.4. The van der Waals surface area contributed by atoms with Crippen molar-refractivity contribution in [1.82, 2.24) is 10.6 Å². The number of ether oxygens (including phenoxy) is 2. The lowest BCUT2D eigenvalue weighted by molar-refractivity contribution is 0.179. The number of hydrogen-bond donors (Lipinski definition) is 3. The van der Waals surface area contributed by atoms with E-state index >= 15 is 0 Å². The van der Waals surface area contributed by atoms with Crippen LogP contribution in [0.1, 0.15) is 26.3 Å². The van der Waals surface area contributed by atoms with Crippen molar-refractivity contribution >= 4 is 29.9 Å². The Morgan fingerprint density at radius 3 is 2.70 bits per heavy atom. The van der Waals surface area contributed by atoms with Crippen LogP contribution in [0.25, 0.3) is 0 Å². The van der Waals surface area contributed by atoms with Gasteiger partial charge in [-0.3, -0.25) is 0 Å². The number of guanidine groups is 1. The molecule has 0 amide bonds. The summed E-state index contributed by atoms with van der Waals surface area (Å²) in [5.41, 5.74) is 0.970. The average molecular weight is 437 g/mol. The van der Waals surface area contributed by atoms with Gasteiger partial charge in [-0.15, -0.1) is 24.0 Å². The zero-order valence-electron chi connectivity index (χ0n) is 14.3. The van der Waals surface area contributed by atoms with E-state index in [4.69, 9.17) is 9.47 Å². The summed E-state index contributed by atoms with van der Waals surface area (Å²) in [6.45, 7) is 8.34. The van der Waals surface area contributed by atoms with Crippen molar-refractivity contribution in [2.45, 2.75) is 33.4 Å². The number of aliphatic imine (C=N–C) groups is 1. The fourth-order valence-electron chi connectivity index (χ4n) is 1.94. The van der Waals surface area contributed by atoms with Crippen LogP contribution in [0.3, 0.4) is 0 Å². The van der Waals surface area contributed by atoms with E-state index in [-0.39, 0.29) is 35.8 Å². The number of hydrogen-bond acceptors (Lipinski definition) is 4. The largest absolute Gasteiger partial charge is 0.504 e. The molecule has 1 unspecified atom stereocenters. The van der Waals surface area contributed by atoms with E-state index in [0.717, 1.165) is 18.1 Å². The van der Waals surface area contributed by atoms with Crippen molar-refractivity contribution in [1.29, 1.82) is 0 Å². The minimum absolute atomic E-state index is 0. The molecule has 0 bridgehead atoms. The van der Waals surface area contributed by atoms with Crippen LogP contribution in [0.15, 0.2) is 23.2 Å². The van der Waals surface area contributed by atoms with Crippen LogP contribution in [-0.2, 0) is 11.3 Å². The van der Waals surface area contributed by atoms with Crippen molar-refractivity contribution in [3.63, 3.8) is 0 Å². The molecule has 23 heavy (non-hydrogen) atoms. The number of benzene rings is 1. The highest BCUT2D eigenvalue weighted by Crippen LogP contribution is 2.27. The quantitative estimate of drug-likeness (QED) is 0.331. The third-order valence-corrected chi connectivity index (χ3v) is 2.89. The number of phenols is 1. The molecule has 0 fully saturated rings. The molecule has 1 aromatic rings. The second kappa shape index (κ2) is 12.2. The summed E-state index contributed by atoms with van der Waals surface area (Å²) in [7, 11) is 1.67. The minimum Gasteiger partial charge on any atom is -0.504 e. The Bertz CT molecular complexity index is 484. The van der Waals surface area contributed by atoms with Crippen LogP contribution in [0, 0.1) is 0 Å². The normalized spacial score (nSPS) is 12.3. The maximum Gasteiger partial charge on any atom is 0.191 e. The lowest BCUT2D eigenvalue weighted by Gasteiger charge is -2.17. The molecule has 0 aliphatic carbocycles. The van der Waals surface area contributed by atoms with Gasteiger partial charge in [0.1, 0.15) is 0 Å². The molecule has 7 heteroatoms. The molecule has 0 spiro atoms. The molecule has 132 valence electrons. The van der Waals surface area contributed by atoms with Crippen molar-refractivity contribution in [2.24, 2.45) is 4.99 Å². The number of halogens is 1. The maximum atomic E-state index is 9.71. The fraction of sp³-hybridized carbons (Fsp3) is 0.562. The predicted octanol–water partition coefficient (Wildman–Crippen LogP) is 2.50. The highest BCUT2D eigenvalue weighted by Gasteiger charge is 2.06. The SMILES string of the molecule is CCNC(=NCc1ccc(O)c(OCC)c1)NC(C)COC.I. The molecular weight excluding hydrogens is 409 g/mol. The van der Waals surface area contributed by atoms with Gasteiger partial charge >= 0.3 is 0 Å². The number of nitrogens with zero attached hydrogens (tertiary/aromatic N) is 1. The van der Waals surface area contributed by atoms with Gasteiger partial charge in [0.15, 0.2) is 17.5 Å². The molecule has 6 nitrogen and oxygen atoms in total. The molecular formula is C16H28IN3O3. The Balaban J connectivity index is 0.00000484. The molecule has 0 saturated carbocycles. The third kappa shape index (κ3) is 8.26. The standard InChI is InChI=1S/C16H27N3O3.HI/c1-5-17-16(19-12(3)11-21-4)18-10-13-7-8-14(20)15(9-13)22-6-2;/h7-9,12,20H,5-6,10-11H2,1-4H3,(H2,17,18,19);1H. The Morgan fingerprint density at radius 2 is 2.09 bits per heavy atom. The Kier molecular flexibility index (Phi) is 11.6. The first kappa shape index (κ1) is 21.8. The monoisotopic (exact) mass is 437 g/mol. The molecule has 3 N–H and O–H groups in total. The molecule has 1 aromatic carbocycles. The fourth-order valence-corrected chi connectivity index (χ4v) is 1.94. The predicted molar refractivity (Wildman–Crippen MR) is 104 cm³/mol. The van der Waals surface area contributed by atoms with Crippen LogP contribution >= 0.6 is 24.0 Å². The Hall–Kier alpha value is -1.22. The van der Waals surface area contributed by atoms with E-state index in [1.54, 1.807) is 13.2 Å². The molecule has 1 rings (SSSR count). The van der Waals surface area contributed by atoms with Gasteiger partial charge in [-0.1, -0.05) is 6.07 Å². The number of rotatable bonds is 8. The molecule has 0 heterocycles. The van der Waals surface area contributed by atoms with Gasteiger partial charge in [0.2, 0.25) is 0 Å². The van der Waals surface area contributed by atoms with Crippen molar-refractivity contribution < 1.29 is 14.6 Å². The van der Waals surface area contributed by atoms with Crippen molar-refractivity contribution in [3.05, 3.63) is 23.8 Å². The zero-order valence-corrected chi connectivity index (χ0v) is 16.6. The van der Waals surface area contributed by atoms with E-state index in [0.29, 0.717) is 25.5 Å². The number of aromatic hydroxyl groups is 1. The van der Waals surface area contributed by atoms with Crippen LogP contribution in [0.5, 0.6) is 11.5 Å². The van der Waals surface area contributed by atoms with Crippen molar-refractivity contribution in [3.8, 4) is 11.5 Å². The van der Waals surface area contributed by atoms with Gasteiger partial charge in [-0.05, 0) is 38.5 Å². The van der Waals surface area contributed by atoms with Crippen molar-refractivity contribution in [2.75, 3.05) is 26.9 Å². The van der Waals surface area contributed by atoms with Gasteiger partial charge in [-0.2, -0.15) is 0 Å². The maximum absolute atomic E-state index is 9.71. The van der Waals surface area contributed by atoms with Crippen LogP contribution in [0.4, 0.5) is 0 Å². The summed E-state index contributed by atoms with van der Waals surface area (Å²) >= 11 is 0. The second-order valence-electron chi connectivity index (χ2n) is 4.93. The first-order valence-corrected chi connectivity index (χ1v) is 7.59. The van der Waals surface area contributed by atoms with Crippen LogP contribution in [0.2, 0.25) is 0 Å². The van der Waals surface area contributed by atoms with Crippen LogP contribution in [-0.4, -0.2) is 44.0 Å². The van der Waals surface area contributed by atoms with E-state index in [1.165, 1.54) is 0 Å². The van der Waals surface area contributed by atoms with Gasteiger partial charge < -0.3 is 25.2 Å². The smallest absolute Gasteiger partial charge is 0.191 e. The van der Waals surface area contributed by atoms with Gasteiger partial charge in [0, 0.05) is 19.7 Å². The summed E-state index contributed by atoms with van der Waals surface area (Å²) < 4.78 is 10.5. The van der Waals surface area contributed by atoms with E-state index in [9.17, 15) is 5.11 Å². The summed E-state index contributed by atoms with van der Waals surface area (Å²) in [6, 6.07) is 5.44. The highest BCUT2D eigenvalue weighted by molar-refractivity contribution is 14.0. The van der Waals surface area contributed by atoms with E-state index in [1.807, 2.05) is 32.9 Å². The molecule has 0 radical (unpaired) electrons. The Labute approximate surface area is 155 Å². The van der Waals surface area contributed by atoms with Crippen LogP contribution < -0.4 is 15.4 Å². The Morgan fingerprint density at radius 1 is 1.35 bits per heavy atom. The van der Waals surface area contributed by atoms with Gasteiger partial charge in [-0.25, -0.2) is 4.99 Å². The van der Waals surface area contributed by atoms with Gasteiger partial charge in [0.05, 0.1) is 19.8 Å². The third-order valence-electron chi connectivity index (χ3n) is 2.89. The first-order valence-electron chi connectivity index (χ1n) is 7.59. The van der Waals surface area contributed by atoms with E-state index < -0.39 is 0 Å². The summed E-state index contributed by atoms with van der Waals surface area (Å²) in [5, 5.41) is 16.2. The second-order valence-corrected chi connectivity index (χ2v) is 4.93. The molecule has 0 aliphatic rings. The number of nitrogens with one attached hydrogen (secondary N) is 2. The minimum atomic E-state index is 0. The number of methoxy groups -OCH3 is 1. The summed E-state index contributed by atoms with van der Waals surface area (Å²) in [5.74, 6) is 1.37. The van der Waals surface area contributed by atoms with E-state index in [2.05, 4.69) is 15.6 Å². The molecule has 0 aliphatic heterocycles. The first-order chi connectivity index (χ1) is 10.6. The average Bonchev–Trinajstić information content (AvgIpc) is 2.48. The molecule has 0 aromatic heterocycles. The molecule has 0 saturated heterocycles. The molecule has 1 atom stereocenters.